The molecule has 0 radical (unpaired) electrons. The van der Waals surface area contributed by atoms with E-state index >= 15 is 0 Å². The second kappa shape index (κ2) is 9.89. The molecule has 2 heterocycles. The molecule has 1 aliphatic heterocycles. The number of morpholine rings is 1. The third-order valence-corrected chi connectivity index (χ3v) is 4.29. The highest BCUT2D eigenvalue weighted by Gasteiger charge is 2.12. The summed E-state index contributed by atoms with van der Waals surface area (Å²) in [5.74, 6) is 1.25. The van der Waals surface area contributed by atoms with Gasteiger partial charge in [0.15, 0.2) is 0 Å². The number of para-hydroxylation sites is 2. The van der Waals surface area contributed by atoms with Crippen molar-refractivity contribution in [3.8, 4) is 5.75 Å². The summed E-state index contributed by atoms with van der Waals surface area (Å²) in [6, 6.07) is 11.1. The van der Waals surface area contributed by atoms with E-state index in [-0.39, 0.29) is 5.91 Å². The van der Waals surface area contributed by atoms with Gasteiger partial charge in [-0.25, -0.2) is 4.98 Å². The maximum absolute atomic E-state index is 12.4. The molecule has 1 aliphatic rings. The fraction of sp³-hybridized carbons (Fsp3) is 0.400. The SMILES string of the molecule is CCOc1ccccc1Nc1cc(C(=O)NCCN2CCOCC2)ccn1. The van der Waals surface area contributed by atoms with Crippen molar-refractivity contribution < 1.29 is 14.3 Å². The zero-order chi connectivity index (χ0) is 18.9. The van der Waals surface area contributed by atoms with Crippen LogP contribution in [-0.4, -0.2) is 61.8 Å². The van der Waals surface area contributed by atoms with Crippen molar-refractivity contribution in [2.45, 2.75) is 6.92 Å². The van der Waals surface area contributed by atoms with Gasteiger partial charge in [0.2, 0.25) is 0 Å². The molecular weight excluding hydrogens is 344 g/mol. The molecule has 1 fully saturated rings. The van der Waals surface area contributed by atoms with Gasteiger partial charge in [0.25, 0.3) is 5.91 Å². The standard InChI is InChI=1S/C20H26N4O3/c1-2-27-18-6-4-3-5-17(18)23-19-15-16(7-8-21-19)20(25)22-9-10-24-11-13-26-14-12-24/h3-8,15H,2,9-14H2,1H3,(H,21,23)(H,22,25). The minimum atomic E-state index is -0.105. The molecule has 3 rings (SSSR count). The normalized spacial score (nSPS) is 14.6. The van der Waals surface area contributed by atoms with Crippen LogP contribution in [0.4, 0.5) is 11.5 Å². The predicted molar refractivity (Wildman–Crippen MR) is 105 cm³/mol. The second-order valence-corrected chi connectivity index (χ2v) is 6.19. The van der Waals surface area contributed by atoms with Gasteiger partial charge in [0, 0.05) is 37.9 Å². The molecule has 0 unspecified atom stereocenters. The summed E-state index contributed by atoms with van der Waals surface area (Å²) >= 11 is 0. The number of aromatic nitrogens is 1. The summed E-state index contributed by atoms with van der Waals surface area (Å²) < 4.78 is 10.9. The summed E-state index contributed by atoms with van der Waals surface area (Å²) in [6.45, 7) is 7.31. The van der Waals surface area contributed by atoms with E-state index in [1.807, 2.05) is 31.2 Å². The maximum Gasteiger partial charge on any atom is 0.251 e. The maximum atomic E-state index is 12.4. The molecule has 1 amide bonds. The van der Waals surface area contributed by atoms with Gasteiger partial charge in [-0.15, -0.1) is 0 Å². The van der Waals surface area contributed by atoms with Crippen molar-refractivity contribution in [2.24, 2.45) is 0 Å². The van der Waals surface area contributed by atoms with Crippen LogP contribution in [0.1, 0.15) is 17.3 Å². The summed E-state index contributed by atoms with van der Waals surface area (Å²) in [5, 5.41) is 6.19. The van der Waals surface area contributed by atoms with Crippen LogP contribution in [0.3, 0.4) is 0 Å². The van der Waals surface area contributed by atoms with Crippen molar-refractivity contribution in [1.29, 1.82) is 0 Å². The minimum Gasteiger partial charge on any atom is -0.492 e. The van der Waals surface area contributed by atoms with Gasteiger partial charge in [0.1, 0.15) is 11.6 Å². The first-order chi connectivity index (χ1) is 13.3. The molecule has 2 aromatic rings. The van der Waals surface area contributed by atoms with Crippen molar-refractivity contribution in [3.63, 3.8) is 0 Å². The van der Waals surface area contributed by atoms with E-state index in [1.54, 1.807) is 18.3 Å². The van der Waals surface area contributed by atoms with Gasteiger partial charge >= 0.3 is 0 Å². The van der Waals surface area contributed by atoms with E-state index in [0.717, 1.165) is 44.3 Å². The largest absolute Gasteiger partial charge is 0.492 e. The Bertz CT molecular complexity index is 748. The van der Waals surface area contributed by atoms with Crippen molar-refractivity contribution in [2.75, 3.05) is 51.3 Å². The highest BCUT2D eigenvalue weighted by Crippen LogP contribution is 2.26. The Hall–Kier alpha value is -2.64. The Labute approximate surface area is 159 Å². The number of hydrogen-bond donors (Lipinski definition) is 2. The van der Waals surface area contributed by atoms with Crippen LogP contribution >= 0.6 is 0 Å². The van der Waals surface area contributed by atoms with Crippen LogP contribution in [0.5, 0.6) is 5.75 Å². The van der Waals surface area contributed by atoms with Crippen LogP contribution < -0.4 is 15.4 Å². The summed E-state index contributed by atoms with van der Waals surface area (Å²) in [4.78, 5) is 19.0. The second-order valence-electron chi connectivity index (χ2n) is 6.19. The van der Waals surface area contributed by atoms with E-state index < -0.39 is 0 Å². The van der Waals surface area contributed by atoms with E-state index in [2.05, 4.69) is 20.5 Å². The van der Waals surface area contributed by atoms with E-state index in [4.69, 9.17) is 9.47 Å². The molecule has 144 valence electrons. The lowest BCUT2D eigenvalue weighted by molar-refractivity contribution is 0.0383. The first-order valence-corrected chi connectivity index (χ1v) is 9.29. The molecule has 1 aromatic heterocycles. The first-order valence-electron chi connectivity index (χ1n) is 9.29. The van der Waals surface area contributed by atoms with Crippen molar-refractivity contribution >= 4 is 17.4 Å². The van der Waals surface area contributed by atoms with E-state index in [1.165, 1.54) is 0 Å². The van der Waals surface area contributed by atoms with E-state index in [9.17, 15) is 4.79 Å². The van der Waals surface area contributed by atoms with Crippen molar-refractivity contribution in [1.82, 2.24) is 15.2 Å². The zero-order valence-corrected chi connectivity index (χ0v) is 15.6. The number of pyridine rings is 1. The number of rotatable bonds is 8. The predicted octanol–water partition coefficient (Wildman–Crippen LogP) is 2.29. The number of amides is 1. The average Bonchev–Trinajstić information content (AvgIpc) is 2.71. The molecule has 0 bridgehead atoms. The molecule has 7 nitrogen and oxygen atoms in total. The number of carbonyl (C=O) groups is 1. The summed E-state index contributed by atoms with van der Waals surface area (Å²) in [7, 11) is 0. The highest BCUT2D eigenvalue weighted by molar-refractivity contribution is 5.94. The fourth-order valence-electron chi connectivity index (χ4n) is 2.88. The van der Waals surface area contributed by atoms with Crippen LogP contribution in [-0.2, 0) is 4.74 Å². The first kappa shape index (κ1) is 19.1. The quantitative estimate of drug-likeness (QED) is 0.743. The van der Waals surface area contributed by atoms with Crippen LogP contribution in [0.15, 0.2) is 42.6 Å². The van der Waals surface area contributed by atoms with Gasteiger partial charge in [-0.05, 0) is 31.2 Å². The zero-order valence-electron chi connectivity index (χ0n) is 15.6. The monoisotopic (exact) mass is 370 g/mol. The molecule has 0 aliphatic carbocycles. The third kappa shape index (κ3) is 5.67. The van der Waals surface area contributed by atoms with Crippen LogP contribution in [0.25, 0.3) is 0 Å². The number of anilines is 2. The Morgan fingerprint density at radius 1 is 1.26 bits per heavy atom. The lowest BCUT2D eigenvalue weighted by Crippen LogP contribution is -2.41. The molecule has 0 spiro atoms. The Balaban J connectivity index is 1.57. The number of ether oxygens (including phenoxy) is 2. The van der Waals surface area contributed by atoms with Crippen LogP contribution in [0.2, 0.25) is 0 Å². The van der Waals surface area contributed by atoms with Gasteiger partial charge in [0.05, 0.1) is 25.5 Å². The molecular formula is C20H26N4O3. The lowest BCUT2D eigenvalue weighted by Gasteiger charge is -2.26. The lowest BCUT2D eigenvalue weighted by atomic mass is 10.2. The third-order valence-electron chi connectivity index (χ3n) is 4.29. The van der Waals surface area contributed by atoms with Crippen molar-refractivity contribution in [3.05, 3.63) is 48.2 Å². The Kier molecular flexibility index (Phi) is 7.01. The van der Waals surface area contributed by atoms with E-state index in [0.29, 0.717) is 24.5 Å². The fourth-order valence-corrected chi connectivity index (χ4v) is 2.88. The van der Waals surface area contributed by atoms with Gasteiger partial charge in [-0.3, -0.25) is 9.69 Å². The molecule has 2 N–H and O–H groups in total. The number of nitrogens with zero attached hydrogens (tertiary/aromatic N) is 2. The molecule has 0 saturated carbocycles. The van der Waals surface area contributed by atoms with Crippen LogP contribution in [0, 0.1) is 0 Å². The van der Waals surface area contributed by atoms with Gasteiger partial charge in [-0.1, -0.05) is 12.1 Å². The Morgan fingerprint density at radius 2 is 2.07 bits per heavy atom. The Morgan fingerprint density at radius 3 is 2.89 bits per heavy atom. The summed E-state index contributed by atoms with van der Waals surface area (Å²) in [6.07, 6.45) is 1.63. The number of hydrogen-bond acceptors (Lipinski definition) is 6. The number of benzene rings is 1. The smallest absolute Gasteiger partial charge is 0.251 e. The molecule has 1 aromatic carbocycles. The number of carbonyl (C=O) groups excluding carboxylic acids is 1. The molecule has 1 saturated heterocycles. The van der Waals surface area contributed by atoms with Gasteiger partial charge in [-0.2, -0.15) is 0 Å². The molecule has 7 heteroatoms. The molecule has 0 atom stereocenters. The topological polar surface area (TPSA) is 75.7 Å². The number of nitrogens with one attached hydrogen (secondary N) is 2. The average molecular weight is 370 g/mol. The highest BCUT2D eigenvalue weighted by atomic mass is 16.5. The summed E-state index contributed by atoms with van der Waals surface area (Å²) in [5.41, 5.74) is 1.39. The van der Waals surface area contributed by atoms with Gasteiger partial charge < -0.3 is 20.1 Å². The minimum absolute atomic E-state index is 0.105. The molecule has 27 heavy (non-hydrogen) atoms.